The summed E-state index contributed by atoms with van der Waals surface area (Å²) in [5.41, 5.74) is 8.49. The number of rotatable bonds is 4. The molecule has 0 fully saturated rings. The van der Waals surface area contributed by atoms with Crippen molar-refractivity contribution in [3.05, 3.63) is 48.0 Å². The molecule has 3 rings (SSSR count). The molecule has 1 atom stereocenters. The first-order valence-corrected chi connectivity index (χ1v) is 6.15. The highest BCUT2D eigenvalue weighted by molar-refractivity contribution is 5.82. The highest BCUT2D eigenvalue weighted by Gasteiger charge is 2.11. The summed E-state index contributed by atoms with van der Waals surface area (Å²) in [6.07, 6.45) is 2.07. The standard InChI is InChI=1S/C13H14N6O/c14-5-8-1-3-9(4-2-8)13(20)19-12-10-11(16-6-15-10)17-7-18-12/h1-4,6-7,13,20H,5,14H2,(H2,15,16,17,18,19). The molecule has 1 unspecified atom stereocenters. The Hall–Kier alpha value is -2.51. The molecule has 7 nitrogen and oxygen atoms in total. The second kappa shape index (κ2) is 5.24. The van der Waals surface area contributed by atoms with Crippen molar-refractivity contribution >= 4 is 17.0 Å². The summed E-state index contributed by atoms with van der Waals surface area (Å²) in [4.78, 5) is 15.1. The summed E-state index contributed by atoms with van der Waals surface area (Å²) in [5.74, 6) is 0.478. The SMILES string of the molecule is NCc1ccc(C(O)Nc2ncnc3[nH]cnc23)cc1. The molecule has 0 aliphatic rings. The molecule has 0 spiro atoms. The van der Waals surface area contributed by atoms with Crippen molar-refractivity contribution in [1.29, 1.82) is 0 Å². The fourth-order valence-electron chi connectivity index (χ4n) is 1.92. The minimum absolute atomic E-state index is 0.476. The summed E-state index contributed by atoms with van der Waals surface area (Å²) >= 11 is 0. The fraction of sp³-hybridized carbons (Fsp3) is 0.154. The summed E-state index contributed by atoms with van der Waals surface area (Å²) in [6.45, 7) is 0.476. The number of benzene rings is 1. The van der Waals surface area contributed by atoms with Crippen molar-refractivity contribution in [1.82, 2.24) is 19.9 Å². The van der Waals surface area contributed by atoms with Crippen molar-refractivity contribution in [3.63, 3.8) is 0 Å². The molecule has 0 aliphatic carbocycles. The fourth-order valence-corrected chi connectivity index (χ4v) is 1.92. The van der Waals surface area contributed by atoms with Gasteiger partial charge in [-0.05, 0) is 5.56 Å². The lowest BCUT2D eigenvalue weighted by atomic mass is 10.1. The Morgan fingerprint density at radius 2 is 2.00 bits per heavy atom. The molecule has 1 aromatic carbocycles. The van der Waals surface area contributed by atoms with E-state index in [0.29, 0.717) is 23.5 Å². The second-order valence-electron chi connectivity index (χ2n) is 4.31. The summed E-state index contributed by atoms with van der Waals surface area (Å²) in [6, 6.07) is 7.40. The van der Waals surface area contributed by atoms with Gasteiger partial charge in [0.05, 0.1) is 6.33 Å². The average Bonchev–Trinajstić information content (AvgIpc) is 2.97. The van der Waals surface area contributed by atoms with Gasteiger partial charge in [-0.1, -0.05) is 24.3 Å². The lowest BCUT2D eigenvalue weighted by molar-refractivity contribution is 0.208. The number of H-pyrrole nitrogens is 1. The van der Waals surface area contributed by atoms with E-state index in [1.165, 1.54) is 12.7 Å². The molecule has 0 saturated carbocycles. The van der Waals surface area contributed by atoms with Gasteiger partial charge >= 0.3 is 0 Å². The van der Waals surface area contributed by atoms with Gasteiger partial charge in [0, 0.05) is 12.1 Å². The zero-order valence-corrected chi connectivity index (χ0v) is 10.6. The maximum absolute atomic E-state index is 10.2. The van der Waals surface area contributed by atoms with Crippen LogP contribution in [0, 0.1) is 0 Å². The molecule has 2 heterocycles. The Labute approximate surface area is 114 Å². The monoisotopic (exact) mass is 270 g/mol. The van der Waals surface area contributed by atoms with E-state index in [2.05, 4.69) is 25.3 Å². The first kappa shape index (κ1) is 12.5. The van der Waals surface area contributed by atoms with Crippen molar-refractivity contribution in [2.45, 2.75) is 12.8 Å². The van der Waals surface area contributed by atoms with Gasteiger partial charge in [0.15, 0.2) is 17.7 Å². The smallest absolute Gasteiger partial charge is 0.162 e. The molecular formula is C13H14N6O. The van der Waals surface area contributed by atoms with Crippen molar-refractivity contribution < 1.29 is 5.11 Å². The van der Waals surface area contributed by atoms with Crippen LogP contribution in [-0.4, -0.2) is 25.0 Å². The number of aliphatic hydroxyl groups is 1. The lowest BCUT2D eigenvalue weighted by Crippen LogP contribution is -2.11. The van der Waals surface area contributed by atoms with E-state index in [-0.39, 0.29) is 0 Å². The molecule has 5 N–H and O–H groups in total. The molecular weight excluding hydrogens is 256 g/mol. The number of aliphatic hydroxyl groups excluding tert-OH is 1. The molecule has 0 bridgehead atoms. The van der Waals surface area contributed by atoms with Gasteiger partial charge in [-0.25, -0.2) is 15.0 Å². The third-order valence-corrected chi connectivity index (χ3v) is 3.02. The largest absolute Gasteiger partial charge is 0.369 e. The number of imidazole rings is 1. The number of nitrogens with two attached hydrogens (primary N) is 1. The highest BCUT2D eigenvalue weighted by atomic mass is 16.3. The van der Waals surface area contributed by atoms with Crippen molar-refractivity contribution in [2.75, 3.05) is 5.32 Å². The van der Waals surface area contributed by atoms with Gasteiger partial charge in [-0.15, -0.1) is 0 Å². The normalized spacial score (nSPS) is 12.5. The highest BCUT2D eigenvalue weighted by Crippen LogP contribution is 2.20. The second-order valence-corrected chi connectivity index (χ2v) is 4.31. The van der Waals surface area contributed by atoms with Gasteiger partial charge in [-0.3, -0.25) is 0 Å². The number of hydrogen-bond donors (Lipinski definition) is 4. The number of aromatic nitrogens is 4. The van der Waals surface area contributed by atoms with Gasteiger partial charge in [0.25, 0.3) is 0 Å². The predicted octanol–water partition coefficient (Wildman–Crippen LogP) is 0.915. The van der Waals surface area contributed by atoms with Crippen LogP contribution in [0.2, 0.25) is 0 Å². The van der Waals surface area contributed by atoms with Crippen molar-refractivity contribution in [3.8, 4) is 0 Å². The zero-order valence-electron chi connectivity index (χ0n) is 10.6. The van der Waals surface area contributed by atoms with E-state index in [1.54, 1.807) is 0 Å². The third-order valence-electron chi connectivity index (χ3n) is 3.02. The number of nitrogens with one attached hydrogen (secondary N) is 2. The lowest BCUT2D eigenvalue weighted by Gasteiger charge is -2.14. The molecule has 0 radical (unpaired) electrons. The Balaban J connectivity index is 1.84. The zero-order chi connectivity index (χ0) is 13.9. The quantitative estimate of drug-likeness (QED) is 0.524. The number of fused-ring (bicyclic) bond motifs is 1. The summed E-state index contributed by atoms with van der Waals surface area (Å²) < 4.78 is 0. The minimum Gasteiger partial charge on any atom is -0.369 e. The van der Waals surface area contributed by atoms with E-state index >= 15 is 0 Å². The van der Waals surface area contributed by atoms with Crippen LogP contribution < -0.4 is 11.1 Å². The number of anilines is 1. The van der Waals surface area contributed by atoms with Gasteiger partial charge in [-0.2, -0.15) is 0 Å². The van der Waals surface area contributed by atoms with Crippen LogP contribution in [0.4, 0.5) is 5.82 Å². The Morgan fingerprint density at radius 3 is 2.75 bits per heavy atom. The minimum atomic E-state index is -0.878. The molecule has 102 valence electrons. The molecule has 20 heavy (non-hydrogen) atoms. The third kappa shape index (κ3) is 2.31. The van der Waals surface area contributed by atoms with Crippen LogP contribution in [0.15, 0.2) is 36.9 Å². The van der Waals surface area contributed by atoms with E-state index in [1.807, 2.05) is 24.3 Å². The van der Waals surface area contributed by atoms with Crippen LogP contribution in [0.3, 0.4) is 0 Å². The van der Waals surface area contributed by atoms with Gasteiger partial charge < -0.3 is 21.1 Å². The van der Waals surface area contributed by atoms with Crippen LogP contribution in [0.1, 0.15) is 17.4 Å². The molecule has 0 aliphatic heterocycles. The van der Waals surface area contributed by atoms with Gasteiger partial charge in [0.1, 0.15) is 11.8 Å². The topological polar surface area (TPSA) is 113 Å². The number of aromatic amines is 1. The summed E-state index contributed by atoms with van der Waals surface area (Å²) in [5, 5.41) is 13.1. The molecule has 3 aromatic rings. The maximum atomic E-state index is 10.2. The molecule has 0 saturated heterocycles. The molecule has 2 aromatic heterocycles. The first-order chi connectivity index (χ1) is 9.78. The summed E-state index contributed by atoms with van der Waals surface area (Å²) in [7, 11) is 0. The first-order valence-electron chi connectivity index (χ1n) is 6.15. The van der Waals surface area contributed by atoms with Crippen LogP contribution in [-0.2, 0) is 6.54 Å². The Bertz CT molecular complexity index is 708. The van der Waals surface area contributed by atoms with Crippen molar-refractivity contribution in [2.24, 2.45) is 5.73 Å². The van der Waals surface area contributed by atoms with E-state index in [9.17, 15) is 5.11 Å². The Morgan fingerprint density at radius 1 is 1.20 bits per heavy atom. The number of hydrogen-bond acceptors (Lipinski definition) is 6. The number of nitrogens with zero attached hydrogens (tertiary/aromatic N) is 3. The maximum Gasteiger partial charge on any atom is 0.162 e. The van der Waals surface area contributed by atoms with Crippen LogP contribution in [0.25, 0.3) is 11.2 Å². The van der Waals surface area contributed by atoms with Gasteiger partial charge in [0.2, 0.25) is 0 Å². The molecule has 7 heteroatoms. The van der Waals surface area contributed by atoms with Crippen LogP contribution >= 0.6 is 0 Å². The van der Waals surface area contributed by atoms with Crippen LogP contribution in [0.5, 0.6) is 0 Å². The average molecular weight is 270 g/mol. The van der Waals surface area contributed by atoms with E-state index in [4.69, 9.17) is 5.73 Å². The van der Waals surface area contributed by atoms with E-state index < -0.39 is 6.23 Å². The van der Waals surface area contributed by atoms with E-state index in [0.717, 1.165) is 11.1 Å². The molecule has 0 amide bonds. The predicted molar refractivity (Wildman–Crippen MR) is 74.6 cm³/mol. The Kier molecular flexibility index (Phi) is 3.28.